The van der Waals surface area contributed by atoms with Crippen LogP contribution in [0.5, 0.6) is 0 Å². The predicted molar refractivity (Wildman–Crippen MR) is 60.2 cm³/mol. The number of esters is 1. The van der Waals surface area contributed by atoms with E-state index in [1.54, 1.807) is 0 Å². The van der Waals surface area contributed by atoms with Crippen LogP contribution in [0, 0.1) is 10.1 Å². The van der Waals surface area contributed by atoms with Gasteiger partial charge in [0.1, 0.15) is 5.76 Å². The first kappa shape index (κ1) is 12.6. The summed E-state index contributed by atoms with van der Waals surface area (Å²) in [5.41, 5.74) is -0.349. The zero-order valence-corrected chi connectivity index (χ0v) is 9.48. The number of carbonyl (C=O) groups is 2. The third-order valence-electron chi connectivity index (χ3n) is 2.29. The molecule has 1 heterocycles. The number of nitrogens with zero attached hydrogens (tertiary/aromatic N) is 3. The minimum absolute atomic E-state index is 0.0532. The van der Waals surface area contributed by atoms with Gasteiger partial charge >= 0.3 is 11.7 Å². The molecule has 0 bridgehead atoms. The van der Waals surface area contributed by atoms with E-state index in [9.17, 15) is 19.7 Å². The van der Waals surface area contributed by atoms with E-state index in [-0.39, 0.29) is 17.7 Å². The van der Waals surface area contributed by atoms with Crippen molar-refractivity contribution >= 4 is 11.8 Å². The molecule has 19 heavy (non-hydrogen) atoms. The number of hydrogen-bond acceptors (Lipinski definition) is 7. The van der Waals surface area contributed by atoms with E-state index in [0.717, 1.165) is 6.08 Å². The molecule has 0 saturated heterocycles. The molecular formula is C11H7N3O5. The van der Waals surface area contributed by atoms with E-state index in [0.29, 0.717) is 0 Å². The summed E-state index contributed by atoms with van der Waals surface area (Å²) in [7, 11) is 0. The molecule has 1 aromatic rings. The van der Waals surface area contributed by atoms with E-state index in [1.807, 2.05) is 0 Å². The molecule has 1 aromatic heterocycles. The lowest BCUT2D eigenvalue weighted by molar-refractivity contribution is -0.419. The van der Waals surface area contributed by atoms with Crippen molar-refractivity contribution in [2.24, 2.45) is 0 Å². The lowest BCUT2D eigenvalue weighted by Gasteiger charge is -2.09. The number of nitro groups is 1. The second-order valence-electron chi connectivity index (χ2n) is 3.56. The van der Waals surface area contributed by atoms with E-state index in [1.165, 1.54) is 24.5 Å². The Hall–Kier alpha value is -2.90. The second kappa shape index (κ2) is 5.17. The molecule has 0 aromatic carbocycles. The van der Waals surface area contributed by atoms with Crippen LogP contribution in [0.1, 0.15) is 16.8 Å². The molecule has 0 fully saturated rings. The summed E-state index contributed by atoms with van der Waals surface area (Å²) >= 11 is 0. The Bertz CT molecular complexity index is 606. The fourth-order valence-corrected chi connectivity index (χ4v) is 1.39. The molecule has 1 aliphatic rings. The fourth-order valence-electron chi connectivity index (χ4n) is 1.39. The van der Waals surface area contributed by atoms with Crippen molar-refractivity contribution in [3.8, 4) is 0 Å². The summed E-state index contributed by atoms with van der Waals surface area (Å²) in [5.74, 6) is -1.35. The number of ether oxygens (including phenoxy) is 1. The Kier molecular flexibility index (Phi) is 3.42. The average Bonchev–Trinajstić information content (AvgIpc) is 2.39. The molecule has 0 spiro atoms. The summed E-state index contributed by atoms with van der Waals surface area (Å²) in [6.45, 7) is 0. The maximum atomic E-state index is 11.6. The van der Waals surface area contributed by atoms with E-state index in [4.69, 9.17) is 4.74 Å². The molecule has 8 heteroatoms. The van der Waals surface area contributed by atoms with Crippen LogP contribution in [-0.2, 0) is 9.53 Å². The molecule has 2 rings (SSSR count). The zero-order chi connectivity index (χ0) is 13.8. The smallest absolute Gasteiger partial charge is 0.344 e. The highest BCUT2D eigenvalue weighted by atomic mass is 16.6. The first-order chi connectivity index (χ1) is 9.08. The van der Waals surface area contributed by atoms with Gasteiger partial charge in [-0.05, 0) is 12.1 Å². The minimum atomic E-state index is -0.774. The minimum Gasteiger partial charge on any atom is -0.427 e. The van der Waals surface area contributed by atoms with Crippen LogP contribution in [0.15, 0.2) is 42.1 Å². The van der Waals surface area contributed by atoms with Crippen molar-refractivity contribution in [1.29, 1.82) is 0 Å². The van der Waals surface area contributed by atoms with Crippen LogP contribution < -0.4 is 0 Å². The standard InChI is InChI=1S/C11H7N3O5/c15-10-5-8(1-2-9(10)14(17)18)19-11(16)7-3-4-12-13-6-7/h1-4,6H,5H2. The molecule has 96 valence electrons. The molecule has 8 nitrogen and oxygen atoms in total. The van der Waals surface area contributed by atoms with Gasteiger partial charge in [0.2, 0.25) is 5.78 Å². The molecular weight excluding hydrogens is 254 g/mol. The van der Waals surface area contributed by atoms with Gasteiger partial charge in [-0.25, -0.2) is 4.79 Å². The van der Waals surface area contributed by atoms with E-state index < -0.39 is 22.4 Å². The first-order valence-electron chi connectivity index (χ1n) is 5.15. The van der Waals surface area contributed by atoms with Crippen LogP contribution >= 0.6 is 0 Å². The highest BCUT2D eigenvalue weighted by molar-refractivity contribution is 5.97. The van der Waals surface area contributed by atoms with Crippen molar-refractivity contribution in [2.45, 2.75) is 6.42 Å². The van der Waals surface area contributed by atoms with Crippen LogP contribution in [0.25, 0.3) is 0 Å². The molecule has 0 unspecified atom stereocenters. The largest absolute Gasteiger partial charge is 0.427 e. The van der Waals surface area contributed by atoms with Gasteiger partial charge in [-0.3, -0.25) is 14.9 Å². The van der Waals surface area contributed by atoms with Gasteiger partial charge in [0, 0.05) is 6.08 Å². The van der Waals surface area contributed by atoms with E-state index >= 15 is 0 Å². The molecule has 0 saturated carbocycles. The van der Waals surface area contributed by atoms with Gasteiger partial charge in [0.15, 0.2) is 0 Å². The van der Waals surface area contributed by atoms with Crippen molar-refractivity contribution in [3.63, 3.8) is 0 Å². The second-order valence-corrected chi connectivity index (χ2v) is 3.56. The number of Topliss-reactive ketones (excluding diaryl/α,β-unsaturated/α-hetero) is 1. The number of rotatable bonds is 3. The predicted octanol–water partition coefficient (Wildman–Crippen LogP) is 0.651. The lowest BCUT2D eigenvalue weighted by Crippen LogP contribution is -2.17. The molecule has 0 N–H and O–H groups in total. The van der Waals surface area contributed by atoms with Gasteiger partial charge in [0.25, 0.3) is 0 Å². The Morgan fingerprint density at radius 1 is 1.37 bits per heavy atom. The number of hydrogen-bond donors (Lipinski definition) is 0. The average molecular weight is 261 g/mol. The maximum Gasteiger partial charge on any atom is 0.344 e. The van der Waals surface area contributed by atoms with Gasteiger partial charge in [-0.1, -0.05) is 0 Å². The normalized spacial score (nSPS) is 14.4. The summed E-state index contributed by atoms with van der Waals surface area (Å²) < 4.78 is 4.94. The Morgan fingerprint density at radius 2 is 2.16 bits per heavy atom. The van der Waals surface area contributed by atoms with Crippen molar-refractivity contribution in [1.82, 2.24) is 10.2 Å². The summed E-state index contributed by atoms with van der Waals surface area (Å²) in [5, 5.41) is 17.5. The molecule has 0 aliphatic heterocycles. The number of carbonyl (C=O) groups excluding carboxylic acids is 2. The van der Waals surface area contributed by atoms with Crippen molar-refractivity contribution < 1.29 is 19.2 Å². The van der Waals surface area contributed by atoms with Gasteiger partial charge in [-0.2, -0.15) is 10.2 Å². The molecule has 1 aliphatic carbocycles. The Morgan fingerprint density at radius 3 is 2.74 bits per heavy atom. The first-order valence-corrected chi connectivity index (χ1v) is 5.15. The molecule has 0 atom stereocenters. The van der Waals surface area contributed by atoms with Crippen LogP contribution in [-0.4, -0.2) is 26.9 Å². The highest BCUT2D eigenvalue weighted by Crippen LogP contribution is 2.17. The molecule has 0 amide bonds. The van der Waals surface area contributed by atoms with Crippen molar-refractivity contribution in [2.75, 3.05) is 0 Å². The van der Waals surface area contributed by atoms with Crippen LogP contribution in [0.4, 0.5) is 0 Å². The third kappa shape index (κ3) is 2.86. The highest BCUT2D eigenvalue weighted by Gasteiger charge is 2.27. The summed E-state index contributed by atoms with van der Waals surface area (Å²) in [6.07, 6.45) is 4.45. The third-order valence-corrected chi connectivity index (χ3v) is 2.29. The Balaban J connectivity index is 2.11. The quantitative estimate of drug-likeness (QED) is 0.446. The van der Waals surface area contributed by atoms with Crippen molar-refractivity contribution in [3.05, 3.63) is 57.7 Å². The number of ketones is 1. The maximum absolute atomic E-state index is 11.6. The zero-order valence-electron chi connectivity index (χ0n) is 9.48. The number of aromatic nitrogens is 2. The van der Waals surface area contributed by atoms with Crippen LogP contribution in [0.3, 0.4) is 0 Å². The van der Waals surface area contributed by atoms with Gasteiger partial charge in [0.05, 0.1) is 29.3 Å². The number of allylic oxidation sites excluding steroid dienone is 4. The topological polar surface area (TPSA) is 112 Å². The van der Waals surface area contributed by atoms with E-state index in [2.05, 4.69) is 10.2 Å². The lowest BCUT2D eigenvalue weighted by atomic mass is 10.1. The SMILES string of the molecule is O=C1CC(OC(=O)c2ccnnc2)=CC=C1[N+](=O)[O-]. The monoisotopic (exact) mass is 261 g/mol. The molecule has 0 radical (unpaired) electrons. The summed E-state index contributed by atoms with van der Waals surface area (Å²) in [4.78, 5) is 32.7. The van der Waals surface area contributed by atoms with Gasteiger partial charge in [-0.15, -0.1) is 0 Å². The van der Waals surface area contributed by atoms with Crippen LogP contribution in [0.2, 0.25) is 0 Å². The summed E-state index contributed by atoms with van der Waals surface area (Å²) in [6, 6.07) is 1.40. The Labute approximate surface area is 106 Å². The fraction of sp³-hybridized carbons (Fsp3) is 0.0909. The van der Waals surface area contributed by atoms with Gasteiger partial charge < -0.3 is 4.74 Å².